The summed E-state index contributed by atoms with van der Waals surface area (Å²) in [7, 11) is 0. The van der Waals surface area contributed by atoms with Gasteiger partial charge < -0.3 is 14.6 Å². The number of rotatable bonds is 4. The van der Waals surface area contributed by atoms with Crippen molar-refractivity contribution in [3.8, 4) is 11.5 Å². The fourth-order valence-electron chi connectivity index (χ4n) is 3.01. The maximum atomic E-state index is 11.6. The quantitative estimate of drug-likeness (QED) is 0.746. The molecule has 0 saturated heterocycles. The molecule has 0 aliphatic carbocycles. The van der Waals surface area contributed by atoms with Gasteiger partial charge in [-0.15, -0.1) is 0 Å². The van der Waals surface area contributed by atoms with Gasteiger partial charge in [-0.2, -0.15) is 4.98 Å². The standard InChI is InChI=1S/C17H17N5O3/c1-10-2-4-11(5-3-10)16-20-15(21-25-16)8-22-7-13-12(18-9-19-13)6-14(22)17(23)24/h2-5,9,14H,6-8H2,1H3,(H,18,19)(H,23,24)/t14-/m1/s1. The SMILES string of the molecule is Cc1ccc(-c2nc(CN3Cc4[nH]cnc4C[C@@H]3C(=O)O)no2)cc1. The van der Waals surface area contributed by atoms with E-state index in [1.54, 1.807) is 6.33 Å². The smallest absolute Gasteiger partial charge is 0.321 e. The maximum absolute atomic E-state index is 11.6. The summed E-state index contributed by atoms with van der Waals surface area (Å²) in [5.41, 5.74) is 3.72. The van der Waals surface area contributed by atoms with Gasteiger partial charge in [-0.3, -0.25) is 9.69 Å². The highest BCUT2D eigenvalue weighted by atomic mass is 16.5. The average molecular weight is 339 g/mol. The van der Waals surface area contributed by atoms with Gasteiger partial charge in [0.2, 0.25) is 0 Å². The summed E-state index contributed by atoms with van der Waals surface area (Å²) in [5, 5.41) is 13.5. The minimum absolute atomic E-state index is 0.296. The molecule has 8 nitrogen and oxygen atoms in total. The van der Waals surface area contributed by atoms with Gasteiger partial charge in [0, 0.05) is 18.5 Å². The lowest BCUT2D eigenvalue weighted by molar-refractivity contribution is -0.144. The molecule has 3 aromatic rings. The molecule has 0 saturated carbocycles. The maximum Gasteiger partial charge on any atom is 0.321 e. The highest BCUT2D eigenvalue weighted by Crippen LogP contribution is 2.23. The Balaban J connectivity index is 1.55. The van der Waals surface area contributed by atoms with Crippen LogP contribution in [0.5, 0.6) is 0 Å². The number of aliphatic carboxylic acids is 1. The Hall–Kier alpha value is -3.00. The normalized spacial score (nSPS) is 17.4. The number of benzene rings is 1. The molecule has 0 bridgehead atoms. The van der Waals surface area contributed by atoms with Crippen LogP contribution < -0.4 is 0 Å². The van der Waals surface area contributed by atoms with E-state index in [4.69, 9.17) is 4.52 Å². The van der Waals surface area contributed by atoms with Crippen LogP contribution in [0.2, 0.25) is 0 Å². The van der Waals surface area contributed by atoms with Crippen LogP contribution in [0, 0.1) is 6.92 Å². The molecule has 0 fully saturated rings. The molecule has 0 spiro atoms. The van der Waals surface area contributed by atoms with Gasteiger partial charge in [-0.05, 0) is 19.1 Å². The van der Waals surface area contributed by atoms with Crippen LogP contribution in [0.25, 0.3) is 11.5 Å². The number of fused-ring (bicyclic) bond motifs is 1. The second kappa shape index (κ2) is 6.14. The summed E-state index contributed by atoms with van der Waals surface area (Å²) >= 11 is 0. The zero-order valence-corrected chi connectivity index (χ0v) is 13.6. The molecule has 1 aliphatic rings. The highest BCUT2D eigenvalue weighted by molar-refractivity contribution is 5.74. The van der Waals surface area contributed by atoms with Gasteiger partial charge in [0.05, 0.1) is 24.3 Å². The van der Waals surface area contributed by atoms with E-state index >= 15 is 0 Å². The fourth-order valence-corrected chi connectivity index (χ4v) is 3.01. The van der Waals surface area contributed by atoms with E-state index in [0.29, 0.717) is 31.2 Å². The minimum Gasteiger partial charge on any atom is -0.480 e. The lowest BCUT2D eigenvalue weighted by Crippen LogP contribution is -2.45. The van der Waals surface area contributed by atoms with Crippen LogP contribution in [0.3, 0.4) is 0 Å². The number of imidazole rings is 1. The Morgan fingerprint density at radius 3 is 2.96 bits per heavy atom. The number of H-pyrrole nitrogens is 1. The van der Waals surface area contributed by atoms with E-state index in [1.165, 1.54) is 0 Å². The molecule has 4 rings (SSSR count). The Kier molecular flexibility index (Phi) is 3.81. The predicted molar refractivity (Wildman–Crippen MR) is 87.4 cm³/mol. The van der Waals surface area contributed by atoms with Crippen LogP contribution in [0.1, 0.15) is 22.8 Å². The number of hydrogen-bond donors (Lipinski definition) is 2. The lowest BCUT2D eigenvalue weighted by atomic mass is 10.0. The van der Waals surface area contributed by atoms with E-state index in [-0.39, 0.29) is 0 Å². The van der Waals surface area contributed by atoms with Crippen molar-refractivity contribution in [3.05, 3.63) is 53.4 Å². The molecule has 128 valence electrons. The summed E-state index contributed by atoms with van der Waals surface area (Å²) in [6, 6.07) is 7.14. The van der Waals surface area contributed by atoms with Crippen LogP contribution >= 0.6 is 0 Å². The average Bonchev–Trinajstić information content (AvgIpc) is 3.23. The van der Waals surface area contributed by atoms with E-state index in [1.807, 2.05) is 36.1 Å². The first kappa shape index (κ1) is 15.5. The number of carboxylic acid groups (broad SMARTS) is 1. The highest BCUT2D eigenvalue weighted by Gasteiger charge is 2.33. The Labute approximate surface area is 143 Å². The summed E-state index contributed by atoms with van der Waals surface area (Å²) in [5.74, 6) is 0.0156. The van der Waals surface area contributed by atoms with Gasteiger partial charge >= 0.3 is 5.97 Å². The molecule has 1 aliphatic heterocycles. The van der Waals surface area contributed by atoms with Gasteiger partial charge in [0.25, 0.3) is 5.89 Å². The van der Waals surface area contributed by atoms with Crippen molar-refractivity contribution < 1.29 is 14.4 Å². The topological polar surface area (TPSA) is 108 Å². The van der Waals surface area contributed by atoms with Crippen molar-refractivity contribution in [1.29, 1.82) is 0 Å². The number of carboxylic acids is 1. The molecule has 25 heavy (non-hydrogen) atoms. The number of hydrogen-bond acceptors (Lipinski definition) is 6. The third-order valence-electron chi connectivity index (χ3n) is 4.39. The first-order valence-corrected chi connectivity index (χ1v) is 7.98. The Morgan fingerprint density at radius 2 is 2.20 bits per heavy atom. The van der Waals surface area contributed by atoms with Crippen molar-refractivity contribution in [3.63, 3.8) is 0 Å². The van der Waals surface area contributed by atoms with Crippen molar-refractivity contribution in [2.24, 2.45) is 0 Å². The fraction of sp³-hybridized carbons (Fsp3) is 0.294. The molecule has 3 heterocycles. The van der Waals surface area contributed by atoms with Crippen LogP contribution in [0.15, 0.2) is 35.1 Å². The number of aromatic amines is 1. The molecule has 8 heteroatoms. The molecule has 0 radical (unpaired) electrons. The van der Waals surface area contributed by atoms with E-state index in [9.17, 15) is 9.90 Å². The summed E-state index contributed by atoms with van der Waals surface area (Å²) in [6.45, 7) is 2.76. The Morgan fingerprint density at radius 1 is 1.40 bits per heavy atom. The third-order valence-corrected chi connectivity index (χ3v) is 4.39. The van der Waals surface area contributed by atoms with Gasteiger partial charge in [-0.25, -0.2) is 4.98 Å². The molecule has 2 N–H and O–H groups in total. The number of nitrogens with one attached hydrogen (secondary N) is 1. The third kappa shape index (κ3) is 3.03. The predicted octanol–water partition coefficient (Wildman–Crippen LogP) is 1.78. The number of aryl methyl sites for hydroxylation is 1. The largest absolute Gasteiger partial charge is 0.480 e. The van der Waals surface area contributed by atoms with E-state index in [0.717, 1.165) is 22.5 Å². The van der Waals surface area contributed by atoms with E-state index < -0.39 is 12.0 Å². The summed E-state index contributed by atoms with van der Waals surface area (Å²) in [4.78, 5) is 25.1. The molecular formula is C17H17N5O3. The van der Waals surface area contributed by atoms with Crippen LogP contribution in [0.4, 0.5) is 0 Å². The first-order valence-electron chi connectivity index (χ1n) is 7.98. The first-order chi connectivity index (χ1) is 12.1. The number of carbonyl (C=O) groups is 1. The zero-order chi connectivity index (χ0) is 17.4. The molecule has 0 unspecified atom stereocenters. The molecule has 2 aromatic heterocycles. The second-order valence-corrected chi connectivity index (χ2v) is 6.17. The summed E-state index contributed by atoms with van der Waals surface area (Å²) in [6.07, 6.45) is 1.95. The molecule has 1 atom stereocenters. The van der Waals surface area contributed by atoms with Crippen molar-refractivity contribution in [1.82, 2.24) is 25.0 Å². The van der Waals surface area contributed by atoms with Crippen LogP contribution in [-0.4, -0.2) is 42.1 Å². The molecular weight excluding hydrogens is 322 g/mol. The van der Waals surface area contributed by atoms with E-state index in [2.05, 4.69) is 20.1 Å². The van der Waals surface area contributed by atoms with Gasteiger partial charge in [0.1, 0.15) is 6.04 Å². The monoisotopic (exact) mass is 339 g/mol. The second-order valence-electron chi connectivity index (χ2n) is 6.17. The zero-order valence-electron chi connectivity index (χ0n) is 13.6. The number of nitrogens with zero attached hydrogens (tertiary/aromatic N) is 4. The van der Waals surface area contributed by atoms with Crippen LogP contribution in [-0.2, 0) is 24.3 Å². The minimum atomic E-state index is -0.879. The van der Waals surface area contributed by atoms with Gasteiger partial charge in [-0.1, -0.05) is 22.9 Å². The number of aromatic nitrogens is 4. The van der Waals surface area contributed by atoms with Crippen molar-refractivity contribution in [2.45, 2.75) is 32.5 Å². The molecule has 1 aromatic carbocycles. The van der Waals surface area contributed by atoms with Crippen molar-refractivity contribution >= 4 is 5.97 Å². The Bertz CT molecular complexity index is 899. The summed E-state index contributed by atoms with van der Waals surface area (Å²) < 4.78 is 5.33. The lowest BCUT2D eigenvalue weighted by Gasteiger charge is -2.31. The molecule has 0 amide bonds. The van der Waals surface area contributed by atoms with Crippen molar-refractivity contribution in [2.75, 3.05) is 0 Å². The van der Waals surface area contributed by atoms with Gasteiger partial charge in [0.15, 0.2) is 5.82 Å².